The van der Waals surface area contributed by atoms with Gasteiger partial charge < -0.3 is 5.11 Å². The topological polar surface area (TPSA) is 37.3 Å². The normalized spacial score (nSPS) is 4.17. The molecule has 0 bridgehead atoms. The summed E-state index contributed by atoms with van der Waals surface area (Å²) < 4.78 is 0. The van der Waals surface area contributed by atoms with Crippen molar-refractivity contribution in [2.24, 2.45) is 0 Å². The number of rotatable bonds is 0. The minimum atomic E-state index is -0.833. The van der Waals surface area contributed by atoms with Crippen LogP contribution < -0.4 is 0 Å². The summed E-state index contributed by atoms with van der Waals surface area (Å²) in [4.78, 5) is 9.00. The first-order valence-corrected chi connectivity index (χ1v) is 0.928. The zero-order chi connectivity index (χ0) is 3.58. The summed E-state index contributed by atoms with van der Waals surface area (Å²) in [5, 5.41) is 7.42. The van der Waals surface area contributed by atoms with Crippen molar-refractivity contribution in [3.8, 4) is 0 Å². The van der Waals surface area contributed by atoms with E-state index in [4.69, 9.17) is 9.90 Å². The van der Waals surface area contributed by atoms with E-state index in [1.807, 2.05) is 0 Å². The second-order valence-corrected chi connectivity index (χ2v) is 0.519. The van der Waals surface area contributed by atoms with E-state index in [2.05, 4.69) is 0 Å². The Bertz CT molecular complexity index is 34.5. The van der Waals surface area contributed by atoms with Gasteiger partial charge in [-0.3, -0.25) is 4.79 Å². The Morgan fingerprint density at radius 3 is 1.67 bits per heavy atom. The first-order valence-electron chi connectivity index (χ1n) is 0.928. The number of carboxylic acid groups (broad SMARTS) is 1. The summed E-state index contributed by atoms with van der Waals surface area (Å²) in [5.41, 5.74) is 0. The van der Waals surface area contributed by atoms with Gasteiger partial charge >= 0.3 is 25.8 Å². The third-order valence-corrected chi connectivity index (χ3v) is 0. The minimum absolute atomic E-state index is 0. The monoisotopic (exact) mass is 208 g/mol. The van der Waals surface area contributed by atoms with E-state index in [0.717, 1.165) is 6.92 Å². The number of aliphatic carboxylic acids is 1. The maximum atomic E-state index is 9.00. The third-order valence-electron chi connectivity index (χ3n) is 0. The van der Waals surface area contributed by atoms with E-state index in [1.54, 1.807) is 0 Å². The Kier molecular flexibility index (Phi) is 24.5. The van der Waals surface area contributed by atoms with E-state index >= 15 is 0 Å². The van der Waals surface area contributed by atoms with Gasteiger partial charge in [-0.2, -0.15) is 0 Å². The molecule has 2 nitrogen and oxygen atoms in total. The summed E-state index contributed by atoms with van der Waals surface area (Å²) >= 11 is 0. The van der Waals surface area contributed by atoms with E-state index < -0.39 is 5.97 Å². The first-order chi connectivity index (χ1) is 1.73. The Morgan fingerprint density at radius 2 is 1.67 bits per heavy atom. The molecule has 6 heavy (non-hydrogen) atoms. The van der Waals surface area contributed by atoms with Crippen LogP contribution in [-0.2, 0) is 4.79 Å². The molecule has 0 aromatic heterocycles. The van der Waals surface area contributed by atoms with Crippen LogP contribution in [0.25, 0.3) is 0 Å². The Labute approximate surface area is 65.8 Å². The van der Waals surface area contributed by atoms with Crippen LogP contribution in [0.4, 0.5) is 0 Å². The van der Waals surface area contributed by atoms with Crippen molar-refractivity contribution in [3.63, 3.8) is 0 Å². The molecule has 0 saturated heterocycles. The van der Waals surface area contributed by atoms with Crippen LogP contribution in [0.3, 0.4) is 0 Å². The zero-order valence-electron chi connectivity index (χ0n) is 2.36. The third kappa shape index (κ3) is 96.0. The van der Waals surface area contributed by atoms with Crippen molar-refractivity contribution >= 4 is 49.2 Å². The molecule has 0 aromatic rings. The van der Waals surface area contributed by atoms with E-state index in [1.165, 1.54) is 0 Å². The van der Waals surface area contributed by atoms with E-state index in [9.17, 15) is 0 Å². The van der Waals surface area contributed by atoms with Gasteiger partial charge in [0.05, 0.1) is 0 Å². The SMILES string of the molecule is CC(=O)O.[AlH3].[InH3]. The zero-order valence-corrected chi connectivity index (χ0v) is 2.36. The Balaban J connectivity index is -0.0000000450. The van der Waals surface area contributed by atoms with Gasteiger partial charge in [-0.15, -0.1) is 0 Å². The average Bonchev–Trinajstić information content (AvgIpc) is 0.811. The molecule has 0 aliphatic heterocycles. The second kappa shape index (κ2) is 9.30. The fourth-order valence-electron chi connectivity index (χ4n) is 0. The van der Waals surface area contributed by atoms with Crippen LogP contribution in [0.1, 0.15) is 6.92 Å². The summed E-state index contributed by atoms with van der Waals surface area (Å²) in [6, 6.07) is 0. The first kappa shape index (κ1) is 15.8. The second-order valence-electron chi connectivity index (χ2n) is 0.519. The molecule has 0 unspecified atom stereocenters. The fraction of sp³-hybridized carbons (Fsp3) is 0.500. The average molecular weight is 208 g/mol. The molecule has 0 amide bonds. The molecule has 0 spiro atoms. The van der Waals surface area contributed by atoms with Crippen LogP contribution in [0.15, 0.2) is 0 Å². The molecule has 1 N–H and O–H groups in total. The van der Waals surface area contributed by atoms with Crippen molar-refractivity contribution < 1.29 is 9.90 Å². The summed E-state index contributed by atoms with van der Waals surface area (Å²) in [6.07, 6.45) is 0. The van der Waals surface area contributed by atoms with Gasteiger partial charge in [-0.1, -0.05) is 0 Å². The number of carbonyl (C=O) groups is 1. The molecule has 0 aliphatic carbocycles. The van der Waals surface area contributed by atoms with Crippen LogP contribution in [0.5, 0.6) is 0 Å². The van der Waals surface area contributed by atoms with Crippen LogP contribution in [0.2, 0.25) is 0 Å². The van der Waals surface area contributed by atoms with Crippen LogP contribution in [-0.4, -0.2) is 54.3 Å². The van der Waals surface area contributed by atoms with Crippen molar-refractivity contribution in [2.45, 2.75) is 6.92 Å². The van der Waals surface area contributed by atoms with Gasteiger partial charge in [0.1, 0.15) is 0 Å². The molecule has 0 radical (unpaired) electrons. The molecule has 0 fully saturated rings. The predicted octanol–water partition coefficient (Wildman–Crippen LogP) is -2.28. The van der Waals surface area contributed by atoms with Gasteiger partial charge in [0, 0.05) is 6.92 Å². The molecule has 0 aromatic carbocycles. The fourth-order valence-corrected chi connectivity index (χ4v) is 0. The number of carboxylic acids is 1. The van der Waals surface area contributed by atoms with Crippen molar-refractivity contribution in [2.75, 3.05) is 0 Å². The molecule has 0 heterocycles. The van der Waals surface area contributed by atoms with E-state index in [0.29, 0.717) is 0 Å². The van der Waals surface area contributed by atoms with Gasteiger partial charge in [0.15, 0.2) is 17.4 Å². The molecular formula is C2H10AlInO2. The Morgan fingerprint density at radius 1 is 1.67 bits per heavy atom. The van der Waals surface area contributed by atoms with Gasteiger partial charge in [0.2, 0.25) is 0 Å². The molecule has 4 heteroatoms. The number of hydrogen-bond acceptors (Lipinski definition) is 1. The summed E-state index contributed by atoms with van der Waals surface area (Å²) in [5.74, 6) is -0.833. The molecular weight excluding hydrogens is 198 g/mol. The summed E-state index contributed by atoms with van der Waals surface area (Å²) in [7, 11) is 0. The Hall–Kier alpha value is 0.873. The quantitative estimate of drug-likeness (QED) is 0.455. The molecule has 0 aliphatic rings. The van der Waals surface area contributed by atoms with Crippen LogP contribution in [0, 0.1) is 0 Å². The molecule has 0 saturated carbocycles. The van der Waals surface area contributed by atoms with Gasteiger partial charge in [-0.25, -0.2) is 0 Å². The molecule has 0 rings (SSSR count). The summed E-state index contributed by atoms with van der Waals surface area (Å²) in [6.45, 7) is 1.08. The molecule has 36 valence electrons. The van der Waals surface area contributed by atoms with Crippen molar-refractivity contribution in [1.29, 1.82) is 0 Å². The van der Waals surface area contributed by atoms with Gasteiger partial charge in [0.25, 0.3) is 5.97 Å². The number of hydrogen-bond donors (Lipinski definition) is 1. The predicted molar refractivity (Wildman–Crippen MR) is 33.2 cm³/mol. The van der Waals surface area contributed by atoms with Gasteiger partial charge in [-0.05, 0) is 0 Å². The van der Waals surface area contributed by atoms with Crippen molar-refractivity contribution in [1.82, 2.24) is 0 Å². The molecule has 0 atom stereocenters. The van der Waals surface area contributed by atoms with Crippen molar-refractivity contribution in [3.05, 3.63) is 0 Å². The van der Waals surface area contributed by atoms with Crippen LogP contribution >= 0.6 is 0 Å². The standard InChI is InChI=1S/C2H4O2.Al.In.6H/c1-2(3)4;;;;;;;;/h1H3,(H,3,4);;;;;;;;. The maximum absolute atomic E-state index is 9.00. The van der Waals surface area contributed by atoms with E-state index in [-0.39, 0.29) is 43.2 Å².